The summed E-state index contributed by atoms with van der Waals surface area (Å²) in [5, 5.41) is 7.96. The van der Waals surface area contributed by atoms with Crippen molar-refractivity contribution in [3.8, 4) is 0 Å². The second-order valence-electron chi connectivity index (χ2n) is 7.15. The first-order chi connectivity index (χ1) is 12.0. The third kappa shape index (κ3) is 3.79. The van der Waals surface area contributed by atoms with Crippen LogP contribution < -0.4 is 5.32 Å². The van der Waals surface area contributed by atoms with E-state index in [0.717, 1.165) is 36.4 Å². The minimum atomic E-state index is 0.103. The van der Waals surface area contributed by atoms with E-state index in [-0.39, 0.29) is 17.9 Å². The van der Waals surface area contributed by atoms with Crippen LogP contribution in [-0.2, 0) is 18.3 Å². The third-order valence-corrected chi connectivity index (χ3v) is 5.42. The molecule has 0 aromatic carbocycles. The van der Waals surface area contributed by atoms with Gasteiger partial charge in [0.25, 0.3) is 0 Å². The zero-order chi connectivity index (χ0) is 18.0. The summed E-state index contributed by atoms with van der Waals surface area (Å²) in [6.07, 6.45) is 6.15. The van der Waals surface area contributed by atoms with Crippen LogP contribution in [0, 0.1) is 12.8 Å². The van der Waals surface area contributed by atoms with Crippen LogP contribution in [0.3, 0.4) is 0 Å². The Bertz CT molecular complexity index is 707. The second-order valence-corrected chi connectivity index (χ2v) is 7.15. The van der Waals surface area contributed by atoms with E-state index in [4.69, 9.17) is 4.42 Å². The van der Waals surface area contributed by atoms with Crippen molar-refractivity contribution in [2.75, 3.05) is 13.6 Å². The van der Waals surface area contributed by atoms with E-state index in [0.29, 0.717) is 12.5 Å². The molecule has 1 N–H and O–H groups in total. The molecule has 1 fully saturated rings. The molecule has 0 saturated carbocycles. The fourth-order valence-electron chi connectivity index (χ4n) is 3.67. The lowest BCUT2D eigenvalue weighted by molar-refractivity contribution is -0.127. The van der Waals surface area contributed by atoms with Crippen LogP contribution >= 0.6 is 0 Å². The van der Waals surface area contributed by atoms with Crippen molar-refractivity contribution in [3.05, 3.63) is 41.6 Å². The number of nitrogens with zero attached hydrogens (tertiary/aromatic N) is 3. The lowest BCUT2D eigenvalue weighted by Crippen LogP contribution is -2.34. The molecule has 25 heavy (non-hydrogen) atoms. The molecule has 136 valence electrons. The number of rotatable bonds is 7. The molecular weight excluding hydrogens is 316 g/mol. The van der Waals surface area contributed by atoms with Crippen LogP contribution in [0.2, 0.25) is 0 Å². The van der Waals surface area contributed by atoms with E-state index in [1.54, 1.807) is 6.26 Å². The second kappa shape index (κ2) is 7.44. The van der Waals surface area contributed by atoms with Crippen LogP contribution in [0.5, 0.6) is 0 Å². The standard InChI is InChI=1S/C19H28N4O2/c1-13(7-8-16-6-5-9-25-16)20-11-15-10-18(24)22(3)19(15)17-12-21-23(4)14(17)2/h5-6,9,12-13,15,19-20H,7-8,10-11H2,1-4H3/t13-,15+,19-/m1/s1. The molecule has 0 bridgehead atoms. The van der Waals surface area contributed by atoms with Gasteiger partial charge in [0.2, 0.25) is 5.91 Å². The first-order valence-electron chi connectivity index (χ1n) is 8.97. The SMILES string of the molecule is Cc1c([C@H]2[C@H](CN[C@H](C)CCc3ccco3)CC(=O)N2C)cnn1C. The highest BCUT2D eigenvalue weighted by atomic mass is 16.3. The number of amides is 1. The third-order valence-electron chi connectivity index (χ3n) is 5.42. The number of furan rings is 1. The summed E-state index contributed by atoms with van der Waals surface area (Å²) in [6.45, 7) is 5.08. The molecule has 0 spiro atoms. The molecule has 2 aromatic heterocycles. The first-order valence-corrected chi connectivity index (χ1v) is 8.97. The van der Waals surface area contributed by atoms with Crippen molar-refractivity contribution >= 4 is 5.91 Å². The lowest BCUT2D eigenvalue weighted by atomic mass is 9.93. The largest absolute Gasteiger partial charge is 0.469 e. The van der Waals surface area contributed by atoms with Gasteiger partial charge in [-0.05, 0) is 32.4 Å². The molecule has 6 heteroatoms. The van der Waals surface area contributed by atoms with E-state index in [1.807, 2.05) is 42.0 Å². The highest BCUT2D eigenvalue weighted by molar-refractivity contribution is 5.79. The molecule has 6 nitrogen and oxygen atoms in total. The molecule has 3 heterocycles. The van der Waals surface area contributed by atoms with E-state index < -0.39 is 0 Å². The van der Waals surface area contributed by atoms with Crippen LogP contribution in [0.1, 0.15) is 42.8 Å². The number of aromatic nitrogens is 2. The Hall–Kier alpha value is -2.08. The smallest absolute Gasteiger partial charge is 0.223 e. The van der Waals surface area contributed by atoms with Gasteiger partial charge in [0.1, 0.15) is 5.76 Å². The lowest BCUT2D eigenvalue weighted by Gasteiger charge is -2.26. The molecule has 2 aromatic rings. The van der Waals surface area contributed by atoms with Crippen LogP contribution in [0.25, 0.3) is 0 Å². The summed E-state index contributed by atoms with van der Waals surface area (Å²) < 4.78 is 7.27. The molecule has 0 aliphatic carbocycles. The van der Waals surface area contributed by atoms with E-state index >= 15 is 0 Å². The summed E-state index contributed by atoms with van der Waals surface area (Å²) in [5.74, 6) is 1.50. The van der Waals surface area contributed by atoms with Crippen molar-refractivity contribution in [1.29, 1.82) is 0 Å². The number of aryl methyl sites for hydroxylation is 2. The summed E-state index contributed by atoms with van der Waals surface area (Å²) >= 11 is 0. The number of likely N-dealkylation sites (tertiary alicyclic amines) is 1. The average molecular weight is 344 g/mol. The molecule has 3 rings (SSSR count). The quantitative estimate of drug-likeness (QED) is 0.838. The van der Waals surface area contributed by atoms with Gasteiger partial charge in [-0.2, -0.15) is 5.10 Å². The topological polar surface area (TPSA) is 63.3 Å². The fourth-order valence-corrected chi connectivity index (χ4v) is 3.67. The molecule has 3 atom stereocenters. The van der Waals surface area contributed by atoms with Gasteiger partial charge in [-0.25, -0.2) is 0 Å². The van der Waals surface area contributed by atoms with E-state index in [1.165, 1.54) is 0 Å². The van der Waals surface area contributed by atoms with Crippen LogP contribution in [0.15, 0.2) is 29.0 Å². The number of nitrogens with one attached hydrogen (secondary N) is 1. The van der Waals surface area contributed by atoms with Gasteiger partial charge in [0.05, 0.1) is 18.5 Å². The molecule has 1 amide bonds. The maximum atomic E-state index is 12.3. The summed E-state index contributed by atoms with van der Waals surface area (Å²) in [5.41, 5.74) is 2.29. The minimum Gasteiger partial charge on any atom is -0.469 e. The Balaban J connectivity index is 1.60. The molecule has 1 saturated heterocycles. The Labute approximate surface area is 149 Å². The van der Waals surface area contributed by atoms with Crippen molar-refractivity contribution in [3.63, 3.8) is 0 Å². The Kier molecular flexibility index (Phi) is 5.27. The normalized spacial score (nSPS) is 21.9. The maximum absolute atomic E-state index is 12.3. The van der Waals surface area contributed by atoms with E-state index in [9.17, 15) is 4.79 Å². The predicted octanol–water partition coefficient (Wildman–Crippen LogP) is 2.45. The van der Waals surface area contributed by atoms with E-state index in [2.05, 4.69) is 24.3 Å². The van der Waals surface area contributed by atoms with Gasteiger partial charge in [0.15, 0.2) is 0 Å². The van der Waals surface area contributed by atoms with Crippen LogP contribution in [0.4, 0.5) is 0 Å². The monoisotopic (exact) mass is 344 g/mol. The van der Waals surface area contributed by atoms with Gasteiger partial charge >= 0.3 is 0 Å². The van der Waals surface area contributed by atoms with Gasteiger partial charge in [-0.15, -0.1) is 0 Å². The summed E-state index contributed by atoms with van der Waals surface area (Å²) in [7, 11) is 3.85. The van der Waals surface area contributed by atoms with Gasteiger partial charge in [-0.1, -0.05) is 0 Å². The Morgan fingerprint density at radius 3 is 2.88 bits per heavy atom. The van der Waals surface area contributed by atoms with Gasteiger partial charge in [0, 0.05) is 56.7 Å². The summed E-state index contributed by atoms with van der Waals surface area (Å²) in [6, 6.07) is 4.42. The van der Waals surface area contributed by atoms with Crippen LogP contribution in [-0.4, -0.2) is 40.2 Å². The fraction of sp³-hybridized carbons (Fsp3) is 0.579. The number of carbonyl (C=O) groups excluding carboxylic acids is 1. The highest BCUT2D eigenvalue weighted by Gasteiger charge is 2.39. The predicted molar refractivity (Wildman–Crippen MR) is 96.1 cm³/mol. The minimum absolute atomic E-state index is 0.103. The zero-order valence-corrected chi connectivity index (χ0v) is 15.5. The number of hydrogen-bond acceptors (Lipinski definition) is 4. The Morgan fingerprint density at radius 1 is 1.44 bits per heavy atom. The van der Waals surface area contributed by atoms with Crippen molar-refractivity contribution in [2.45, 2.75) is 45.2 Å². The number of carbonyl (C=O) groups is 1. The Morgan fingerprint density at radius 2 is 2.24 bits per heavy atom. The average Bonchev–Trinajstić information content (AvgIpc) is 3.28. The molecule has 1 aliphatic rings. The molecular formula is C19H28N4O2. The van der Waals surface area contributed by atoms with Crippen molar-refractivity contribution < 1.29 is 9.21 Å². The summed E-state index contributed by atoms with van der Waals surface area (Å²) in [4.78, 5) is 14.1. The van der Waals surface area contributed by atoms with Crippen molar-refractivity contribution in [1.82, 2.24) is 20.0 Å². The van der Waals surface area contributed by atoms with Gasteiger partial charge < -0.3 is 14.6 Å². The highest BCUT2D eigenvalue weighted by Crippen LogP contribution is 2.37. The number of hydrogen-bond donors (Lipinski definition) is 1. The zero-order valence-electron chi connectivity index (χ0n) is 15.5. The maximum Gasteiger partial charge on any atom is 0.223 e. The first kappa shape index (κ1) is 17.7. The molecule has 0 unspecified atom stereocenters. The van der Waals surface area contributed by atoms with Gasteiger partial charge in [-0.3, -0.25) is 9.48 Å². The molecule has 1 aliphatic heterocycles. The molecule has 0 radical (unpaired) electrons. The van der Waals surface area contributed by atoms with Crippen molar-refractivity contribution in [2.24, 2.45) is 13.0 Å².